The van der Waals surface area contributed by atoms with Crippen molar-refractivity contribution in [3.63, 3.8) is 0 Å². The molecule has 0 spiro atoms. The Bertz CT molecular complexity index is 1050. The molecule has 0 aliphatic carbocycles. The molecular formula is C14H10Na2O12S2. The number of hydrogen-bond donors (Lipinski definition) is 4. The summed E-state index contributed by atoms with van der Waals surface area (Å²) < 4.78 is 59.6. The monoisotopic (exact) mass is 480 g/mol. The first kappa shape index (κ1) is 31.0. The molecule has 0 aromatic heterocycles. The third-order valence-corrected chi connectivity index (χ3v) is 4.76. The summed E-state index contributed by atoms with van der Waals surface area (Å²) in [5.74, 6) is -5.52. The molecule has 30 heavy (non-hydrogen) atoms. The molecule has 0 heterocycles. The molecule has 0 saturated carbocycles. The summed E-state index contributed by atoms with van der Waals surface area (Å²) in [4.78, 5) is 19.0. The zero-order valence-corrected chi connectivity index (χ0v) is 21.0. The number of aromatic carboxylic acids is 2. The third-order valence-electron chi connectivity index (χ3n) is 2.99. The number of benzene rings is 2. The molecule has 0 aliphatic rings. The van der Waals surface area contributed by atoms with Crippen LogP contribution in [0.15, 0.2) is 46.2 Å². The van der Waals surface area contributed by atoms with Gasteiger partial charge in [0.25, 0.3) is 20.2 Å². The molecule has 12 nitrogen and oxygen atoms in total. The van der Waals surface area contributed by atoms with Crippen LogP contribution in [-0.4, -0.2) is 48.1 Å². The van der Waals surface area contributed by atoms with E-state index >= 15 is 0 Å². The van der Waals surface area contributed by atoms with Gasteiger partial charge in [0.1, 0.15) is 21.3 Å². The standard InChI is InChI=1S/2C7H6O6S.2Na/c2*8-6-4(7(9)10)2-1-3-5(6)14(11,12)13;;/h2*1-3,8H,(H,9,10)(H,11,12,13);;/q;;2*+1/p-2. The predicted octanol–water partition coefficient (Wildman–Crippen LogP) is -7.99. The van der Waals surface area contributed by atoms with E-state index in [9.17, 15) is 36.6 Å². The average molecular weight is 480 g/mol. The van der Waals surface area contributed by atoms with Gasteiger partial charge in [-0.2, -0.15) is 16.8 Å². The molecule has 152 valence electrons. The van der Waals surface area contributed by atoms with E-state index in [1.165, 1.54) is 0 Å². The van der Waals surface area contributed by atoms with Crippen molar-refractivity contribution in [2.24, 2.45) is 0 Å². The van der Waals surface area contributed by atoms with Crippen molar-refractivity contribution < 1.29 is 115 Å². The number of carbonyl (C=O) groups excluding carboxylic acids is 2. The zero-order chi connectivity index (χ0) is 21.9. The van der Waals surface area contributed by atoms with Gasteiger partial charge in [0, 0.05) is 11.1 Å². The predicted molar refractivity (Wildman–Crippen MR) is 84.5 cm³/mol. The van der Waals surface area contributed by atoms with Crippen LogP contribution in [0.1, 0.15) is 20.7 Å². The minimum atomic E-state index is -4.63. The maximum absolute atomic E-state index is 10.6. The van der Waals surface area contributed by atoms with E-state index in [4.69, 9.17) is 19.3 Å². The van der Waals surface area contributed by atoms with Crippen LogP contribution in [0.3, 0.4) is 0 Å². The van der Waals surface area contributed by atoms with E-state index in [0.717, 1.165) is 36.4 Å². The summed E-state index contributed by atoms with van der Waals surface area (Å²) in [5, 5.41) is 39.0. The van der Waals surface area contributed by atoms with Crippen molar-refractivity contribution >= 4 is 32.2 Å². The molecule has 2 rings (SSSR count). The van der Waals surface area contributed by atoms with Crippen LogP contribution in [0.4, 0.5) is 0 Å². The van der Waals surface area contributed by atoms with E-state index in [1.807, 2.05) is 0 Å². The van der Waals surface area contributed by atoms with E-state index in [2.05, 4.69) is 0 Å². The number of carbonyl (C=O) groups is 2. The first-order valence-corrected chi connectivity index (χ1v) is 9.57. The number of carboxylic acid groups (broad SMARTS) is 2. The number of aromatic hydroxyl groups is 2. The molecule has 0 fully saturated rings. The maximum atomic E-state index is 10.6. The van der Waals surface area contributed by atoms with E-state index in [-0.39, 0.29) is 59.1 Å². The second-order valence-corrected chi connectivity index (χ2v) is 7.61. The summed E-state index contributed by atoms with van der Waals surface area (Å²) in [6.45, 7) is 0. The smallest absolute Gasteiger partial charge is 0.545 e. The van der Waals surface area contributed by atoms with Gasteiger partial charge in [-0.05, 0) is 24.3 Å². The molecule has 0 radical (unpaired) electrons. The Labute approximate surface area is 214 Å². The Balaban J connectivity index is 0. The number of phenols is 2. The number of rotatable bonds is 4. The molecule has 2 aromatic carbocycles. The molecule has 0 bridgehead atoms. The molecule has 2 aromatic rings. The number of para-hydroxylation sites is 2. The van der Waals surface area contributed by atoms with Gasteiger partial charge in [0.05, 0.1) is 11.9 Å². The largest absolute Gasteiger partial charge is 1.00 e. The first-order chi connectivity index (χ1) is 12.7. The van der Waals surface area contributed by atoms with Crippen LogP contribution < -0.4 is 69.3 Å². The van der Waals surface area contributed by atoms with Gasteiger partial charge in [0.15, 0.2) is 0 Å². The minimum Gasteiger partial charge on any atom is -0.545 e. The fraction of sp³-hybridized carbons (Fsp3) is 0. The average Bonchev–Trinajstić information content (AvgIpc) is 2.53. The van der Waals surface area contributed by atoms with Crippen molar-refractivity contribution in [3.8, 4) is 11.5 Å². The molecule has 4 N–H and O–H groups in total. The first-order valence-electron chi connectivity index (χ1n) is 6.69. The topological polar surface area (TPSA) is 229 Å². The Morgan fingerprint density at radius 2 is 0.933 bits per heavy atom. The summed E-state index contributed by atoms with van der Waals surface area (Å²) in [7, 11) is -9.26. The van der Waals surface area contributed by atoms with E-state index in [0.29, 0.717) is 0 Å². The molecule has 0 unspecified atom stereocenters. The normalized spacial score (nSPS) is 10.5. The van der Waals surface area contributed by atoms with E-state index < -0.39 is 64.6 Å². The van der Waals surface area contributed by atoms with Crippen LogP contribution in [0.25, 0.3) is 0 Å². The van der Waals surface area contributed by atoms with Crippen molar-refractivity contribution in [1.82, 2.24) is 0 Å². The second-order valence-electron chi connectivity index (χ2n) is 4.83. The van der Waals surface area contributed by atoms with Crippen LogP contribution >= 0.6 is 0 Å². The van der Waals surface area contributed by atoms with E-state index in [1.54, 1.807) is 0 Å². The Morgan fingerprint density at radius 3 is 1.13 bits per heavy atom. The van der Waals surface area contributed by atoms with Crippen LogP contribution in [0.5, 0.6) is 11.5 Å². The van der Waals surface area contributed by atoms with Gasteiger partial charge in [-0.3, -0.25) is 9.11 Å². The summed E-state index contributed by atoms with van der Waals surface area (Å²) in [5.41, 5.74) is -1.39. The number of carboxylic acids is 2. The van der Waals surface area contributed by atoms with Crippen molar-refractivity contribution in [3.05, 3.63) is 47.5 Å². The fourth-order valence-electron chi connectivity index (χ4n) is 1.79. The summed E-state index contributed by atoms with van der Waals surface area (Å²) >= 11 is 0. The summed E-state index contributed by atoms with van der Waals surface area (Å²) in [6, 6.07) is 5.79. The summed E-state index contributed by atoms with van der Waals surface area (Å²) in [6.07, 6.45) is 0. The van der Waals surface area contributed by atoms with Gasteiger partial charge in [-0.1, -0.05) is 12.1 Å². The van der Waals surface area contributed by atoms with Crippen LogP contribution in [-0.2, 0) is 20.2 Å². The van der Waals surface area contributed by atoms with Crippen molar-refractivity contribution in [2.45, 2.75) is 9.79 Å². The molecule has 16 heteroatoms. The maximum Gasteiger partial charge on any atom is 1.00 e. The molecule has 0 aliphatic heterocycles. The SMILES string of the molecule is O=C([O-])c1cccc(S(=O)(=O)O)c1O.O=C([O-])c1cccc(S(=O)(=O)O)c1O.[Na+].[Na+]. The van der Waals surface area contributed by atoms with Gasteiger partial charge in [-0.25, -0.2) is 0 Å². The Morgan fingerprint density at radius 1 is 0.667 bits per heavy atom. The molecule has 0 saturated heterocycles. The minimum absolute atomic E-state index is 0. The second kappa shape index (κ2) is 12.0. The molecule has 0 atom stereocenters. The van der Waals surface area contributed by atoms with Crippen LogP contribution in [0, 0.1) is 0 Å². The van der Waals surface area contributed by atoms with Crippen LogP contribution in [0.2, 0.25) is 0 Å². The fourth-order valence-corrected chi connectivity index (χ4v) is 3.00. The quantitative estimate of drug-likeness (QED) is 0.236. The van der Waals surface area contributed by atoms with Gasteiger partial charge in [0.2, 0.25) is 0 Å². The molecule has 0 amide bonds. The van der Waals surface area contributed by atoms with Gasteiger partial charge >= 0.3 is 59.1 Å². The Kier molecular flexibility index (Phi) is 12.4. The van der Waals surface area contributed by atoms with Gasteiger partial charge < -0.3 is 30.0 Å². The Hall–Kier alpha value is -1.20. The van der Waals surface area contributed by atoms with Gasteiger partial charge in [-0.15, -0.1) is 0 Å². The van der Waals surface area contributed by atoms with Crippen molar-refractivity contribution in [2.75, 3.05) is 0 Å². The number of hydrogen-bond acceptors (Lipinski definition) is 10. The third kappa shape index (κ3) is 8.14. The molecular weight excluding hydrogens is 470 g/mol. The van der Waals surface area contributed by atoms with Crippen molar-refractivity contribution in [1.29, 1.82) is 0 Å². The zero-order valence-electron chi connectivity index (χ0n) is 15.3.